The Labute approximate surface area is 166 Å². The first-order chi connectivity index (χ1) is 13.5. The van der Waals surface area contributed by atoms with Gasteiger partial charge in [-0.05, 0) is 63.1 Å². The highest BCUT2D eigenvalue weighted by Crippen LogP contribution is 2.38. The summed E-state index contributed by atoms with van der Waals surface area (Å²) >= 11 is 0. The molecule has 4 rings (SSSR count). The number of hydrogen-bond donors (Lipinski definition) is 0. The molecule has 2 heterocycles. The number of fused-ring (bicyclic) bond motifs is 1. The van der Waals surface area contributed by atoms with Crippen molar-refractivity contribution in [2.75, 3.05) is 11.4 Å². The molecule has 1 amide bonds. The maximum absolute atomic E-state index is 13.1. The lowest BCUT2D eigenvalue weighted by Gasteiger charge is -2.15. The fraction of sp³-hybridized carbons (Fsp3) is 0.240. The van der Waals surface area contributed by atoms with Crippen LogP contribution < -0.4 is 4.90 Å². The Morgan fingerprint density at radius 2 is 1.68 bits per heavy atom. The Kier molecular flexibility index (Phi) is 4.68. The molecular weight excluding hydrogens is 344 g/mol. The maximum atomic E-state index is 13.1. The molecule has 1 aliphatic heterocycles. The van der Waals surface area contributed by atoms with Crippen LogP contribution in [0, 0.1) is 20.8 Å². The standard InChI is InChI=1S/C25H26N2O/c1-5-14-26-24-9-7-6-8-22(24)23(25(26)28)16-20-15-18(3)27(19(20)4)21-12-10-17(2)11-13-21/h6-13,15-16H,5,14H2,1-4H3/b23-16-. The van der Waals surface area contributed by atoms with Crippen LogP contribution in [0.4, 0.5) is 5.69 Å². The third-order valence-corrected chi connectivity index (χ3v) is 5.47. The minimum atomic E-state index is 0.100. The number of benzene rings is 2. The second-order valence-corrected chi connectivity index (χ2v) is 7.53. The van der Waals surface area contributed by atoms with Gasteiger partial charge < -0.3 is 9.47 Å². The van der Waals surface area contributed by atoms with Gasteiger partial charge in [0.25, 0.3) is 5.91 Å². The first-order valence-corrected chi connectivity index (χ1v) is 9.90. The third kappa shape index (κ3) is 2.97. The van der Waals surface area contributed by atoms with E-state index in [1.54, 1.807) is 0 Å². The predicted octanol–water partition coefficient (Wildman–Crippen LogP) is 5.70. The van der Waals surface area contributed by atoms with Gasteiger partial charge in [-0.3, -0.25) is 4.79 Å². The van der Waals surface area contributed by atoms with Crippen LogP contribution >= 0.6 is 0 Å². The van der Waals surface area contributed by atoms with Gasteiger partial charge in [0.1, 0.15) is 0 Å². The number of aryl methyl sites for hydroxylation is 2. The molecule has 0 atom stereocenters. The van der Waals surface area contributed by atoms with E-state index in [4.69, 9.17) is 0 Å². The first-order valence-electron chi connectivity index (χ1n) is 9.90. The molecular formula is C25H26N2O. The summed E-state index contributed by atoms with van der Waals surface area (Å²) in [5, 5.41) is 0. The highest BCUT2D eigenvalue weighted by Gasteiger charge is 2.31. The molecule has 142 valence electrons. The summed E-state index contributed by atoms with van der Waals surface area (Å²) in [4.78, 5) is 15.0. The van der Waals surface area contributed by atoms with E-state index in [1.807, 2.05) is 29.2 Å². The molecule has 0 saturated heterocycles. The van der Waals surface area contributed by atoms with E-state index in [9.17, 15) is 4.79 Å². The molecule has 1 aromatic heterocycles. The quantitative estimate of drug-likeness (QED) is 0.541. The van der Waals surface area contributed by atoms with Crippen molar-refractivity contribution >= 4 is 23.2 Å². The largest absolute Gasteiger partial charge is 0.318 e. The monoisotopic (exact) mass is 370 g/mol. The second-order valence-electron chi connectivity index (χ2n) is 7.53. The fourth-order valence-electron chi connectivity index (χ4n) is 4.07. The van der Waals surface area contributed by atoms with E-state index >= 15 is 0 Å². The summed E-state index contributed by atoms with van der Waals surface area (Å²) in [5.74, 6) is 0.100. The van der Waals surface area contributed by atoms with Crippen LogP contribution in [0.2, 0.25) is 0 Å². The minimum Gasteiger partial charge on any atom is -0.318 e. The van der Waals surface area contributed by atoms with E-state index in [0.717, 1.165) is 52.4 Å². The Hall–Kier alpha value is -3.07. The average Bonchev–Trinajstić information content (AvgIpc) is 3.11. The van der Waals surface area contributed by atoms with Crippen molar-refractivity contribution in [2.24, 2.45) is 0 Å². The van der Waals surface area contributed by atoms with Gasteiger partial charge in [-0.15, -0.1) is 0 Å². The van der Waals surface area contributed by atoms with Gasteiger partial charge >= 0.3 is 0 Å². The molecule has 0 aliphatic carbocycles. The molecule has 0 saturated carbocycles. The van der Waals surface area contributed by atoms with Crippen molar-refractivity contribution in [3.8, 4) is 5.69 Å². The highest BCUT2D eigenvalue weighted by molar-refractivity contribution is 6.35. The van der Waals surface area contributed by atoms with Crippen molar-refractivity contribution < 1.29 is 4.79 Å². The number of para-hydroxylation sites is 1. The molecule has 0 unspecified atom stereocenters. The second kappa shape index (κ2) is 7.16. The Bertz CT molecular complexity index is 1070. The van der Waals surface area contributed by atoms with Gasteiger partial charge in [-0.1, -0.05) is 42.8 Å². The maximum Gasteiger partial charge on any atom is 0.258 e. The Morgan fingerprint density at radius 3 is 2.39 bits per heavy atom. The average molecular weight is 370 g/mol. The summed E-state index contributed by atoms with van der Waals surface area (Å²) in [7, 11) is 0. The van der Waals surface area contributed by atoms with Crippen molar-refractivity contribution in [3.05, 3.63) is 82.7 Å². The van der Waals surface area contributed by atoms with E-state index in [0.29, 0.717) is 0 Å². The zero-order chi connectivity index (χ0) is 19.8. The predicted molar refractivity (Wildman–Crippen MR) is 117 cm³/mol. The summed E-state index contributed by atoms with van der Waals surface area (Å²) < 4.78 is 2.25. The van der Waals surface area contributed by atoms with Crippen LogP contribution in [0.1, 0.15) is 41.4 Å². The number of anilines is 1. The van der Waals surface area contributed by atoms with E-state index in [2.05, 4.69) is 68.7 Å². The fourth-order valence-corrected chi connectivity index (χ4v) is 4.07. The lowest BCUT2D eigenvalue weighted by atomic mass is 10.0. The topological polar surface area (TPSA) is 25.2 Å². The van der Waals surface area contributed by atoms with Crippen LogP contribution in [0.15, 0.2) is 54.6 Å². The van der Waals surface area contributed by atoms with Crippen molar-refractivity contribution in [1.29, 1.82) is 0 Å². The van der Waals surface area contributed by atoms with Gasteiger partial charge in [0.15, 0.2) is 0 Å². The Morgan fingerprint density at radius 1 is 0.964 bits per heavy atom. The summed E-state index contributed by atoms with van der Waals surface area (Å²) in [6.45, 7) is 9.18. The van der Waals surface area contributed by atoms with Crippen LogP contribution in [-0.4, -0.2) is 17.0 Å². The van der Waals surface area contributed by atoms with Gasteiger partial charge in [0.2, 0.25) is 0 Å². The van der Waals surface area contributed by atoms with Crippen molar-refractivity contribution in [3.63, 3.8) is 0 Å². The lowest BCUT2D eigenvalue weighted by Crippen LogP contribution is -2.26. The molecule has 28 heavy (non-hydrogen) atoms. The van der Waals surface area contributed by atoms with Crippen LogP contribution in [0.5, 0.6) is 0 Å². The molecule has 0 spiro atoms. The van der Waals surface area contributed by atoms with Gasteiger partial charge in [0.05, 0.1) is 5.69 Å². The van der Waals surface area contributed by atoms with E-state index in [-0.39, 0.29) is 5.91 Å². The number of amides is 1. The Balaban J connectivity index is 1.81. The molecule has 3 aromatic rings. The smallest absolute Gasteiger partial charge is 0.258 e. The summed E-state index contributed by atoms with van der Waals surface area (Å²) in [5.41, 5.74) is 8.64. The lowest BCUT2D eigenvalue weighted by molar-refractivity contribution is -0.113. The van der Waals surface area contributed by atoms with Crippen LogP contribution in [-0.2, 0) is 4.79 Å². The summed E-state index contributed by atoms with van der Waals surface area (Å²) in [6.07, 6.45) is 3.00. The van der Waals surface area contributed by atoms with Crippen molar-refractivity contribution in [2.45, 2.75) is 34.1 Å². The molecule has 0 bridgehead atoms. The van der Waals surface area contributed by atoms with Crippen molar-refractivity contribution in [1.82, 2.24) is 4.57 Å². The number of aromatic nitrogens is 1. The SMILES string of the molecule is CCCN1C(=O)/C(=C\c2cc(C)n(-c3ccc(C)cc3)c2C)c2ccccc21. The number of carbonyl (C=O) groups excluding carboxylic acids is 1. The number of carbonyl (C=O) groups is 1. The normalized spacial score (nSPS) is 14.8. The third-order valence-electron chi connectivity index (χ3n) is 5.47. The molecule has 3 heteroatoms. The van der Waals surface area contributed by atoms with Crippen LogP contribution in [0.3, 0.4) is 0 Å². The molecule has 1 aliphatic rings. The minimum absolute atomic E-state index is 0.100. The van der Waals surface area contributed by atoms with Gasteiger partial charge in [-0.2, -0.15) is 0 Å². The van der Waals surface area contributed by atoms with Crippen LogP contribution in [0.25, 0.3) is 17.3 Å². The molecule has 3 nitrogen and oxygen atoms in total. The number of rotatable bonds is 4. The highest BCUT2D eigenvalue weighted by atomic mass is 16.2. The molecule has 0 N–H and O–H groups in total. The zero-order valence-electron chi connectivity index (χ0n) is 17.0. The zero-order valence-corrected chi connectivity index (χ0v) is 17.0. The van der Waals surface area contributed by atoms with Gasteiger partial charge in [0, 0.05) is 34.8 Å². The van der Waals surface area contributed by atoms with Gasteiger partial charge in [-0.25, -0.2) is 0 Å². The van der Waals surface area contributed by atoms with E-state index < -0.39 is 0 Å². The number of hydrogen-bond acceptors (Lipinski definition) is 1. The van der Waals surface area contributed by atoms with E-state index in [1.165, 1.54) is 5.56 Å². The molecule has 0 radical (unpaired) electrons. The molecule has 0 fully saturated rings. The first kappa shape index (κ1) is 18.3. The summed E-state index contributed by atoms with van der Waals surface area (Å²) in [6, 6.07) is 18.8. The molecule has 2 aromatic carbocycles. The number of nitrogens with zero attached hydrogens (tertiary/aromatic N) is 2.